The first-order valence-electron chi connectivity index (χ1n) is 9.46. The summed E-state index contributed by atoms with van der Waals surface area (Å²) in [5, 5.41) is 5.52. The van der Waals surface area contributed by atoms with Gasteiger partial charge in [0.1, 0.15) is 11.5 Å². The van der Waals surface area contributed by atoms with Crippen molar-refractivity contribution in [3.8, 4) is 11.5 Å². The second kappa shape index (κ2) is 6.68. The van der Waals surface area contributed by atoms with Crippen LogP contribution in [0.5, 0.6) is 11.5 Å². The summed E-state index contributed by atoms with van der Waals surface area (Å²) in [5.41, 5.74) is 3.15. The summed E-state index contributed by atoms with van der Waals surface area (Å²) in [6.07, 6.45) is 2.40. The van der Waals surface area contributed by atoms with Gasteiger partial charge in [-0.2, -0.15) is 5.10 Å². The number of nitrogens with zero attached hydrogens (tertiary/aromatic N) is 2. The molecule has 0 unspecified atom stereocenters. The van der Waals surface area contributed by atoms with Crippen LogP contribution in [0.25, 0.3) is 10.9 Å². The Hall–Kier alpha value is -2.34. The molecule has 1 saturated carbocycles. The number of sulfone groups is 1. The van der Waals surface area contributed by atoms with E-state index >= 15 is 0 Å². The fourth-order valence-corrected chi connectivity index (χ4v) is 5.18. The minimum atomic E-state index is -3.18. The van der Waals surface area contributed by atoms with Crippen LogP contribution in [0, 0.1) is 6.92 Å². The maximum atomic E-state index is 12.4. The van der Waals surface area contributed by atoms with Crippen LogP contribution >= 0.6 is 0 Å². The highest BCUT2D eigenvalue weighted by Gasteiger charge is 2.36. The number of aromatic nitrogens is 2. The lowest BCUT2D eigenvalue weighted by Gasteiger charge is -2.10. The van der Waals surface area contributed by atoms with Crippen LogP contribution < -0.4 is 4.74 Å². The van der Waals surface area contributed by atoms with E-state index in [4.69, 9.17) is 9.84 Å². The molecule has 1 fully saturated rings. The van der Waals surface area contributed by atoms with Gasteiger partial charge in [-0.1, -0.05) is 6.92 Å². The van der Waals surface area contributed by atoms with Crippen LogP contribution in [0.1, 0.15) is 37.9 Å². The van der Waals surface area contributed by atoms with Crippen LogP contribution in [0.2, 0.25) is 0 Å². The summed E-state index contributed by atoms with van der Waals surface area (Å²) in [6, 6.07) is 10.8. The van der Waals surface area contributed by atoms with Crippen molar-refractivity contribution in [2.45, 2.75) is 56.7 Å². The SMILES string of the molecule is CCc1c2c(Oc3ccc(S(=O)(=O)C4CC4)cc3)cc(C)cc2nn1CC. The Morgan fingerprint density at radius 3 is 2.44 bits per heavy atom. The van der Waals surface area contributed by atoms with Crippen LogP contribution in [-0.4, -0.2) is 23.4 Å². The van der Waals surface area contributed by atoms with Crippen LogP contribution in [-0.2, 0) is 22.8 Å². The number of benzene rings is 2. The molecule has 142 valence electrons. The van der Waals surface area contributed by atoms with E-state index in [0.29, 0.717) is 10.6 Å². The lowest BCUT2D eigenvalue weighted by Crippen LogP contribution is -2.06. The first kappa shape index (κ1) is 18.0. The van der Waals surface area contributed by atoms with E-state index < -0.39 is 9.84 Å². The lowest BCUT2D eigenvalue weighted by molar-refractivity contribution is 0.487. The molecule has 6 heteroatoms. The molecule has 0 atom stereocenters. The maximum Gasteiger partial charge on any atom is 0.181 e. The molecule has 5 nitrogen and oxygen atoms in total. The first-order chi connectivity index (χ1) is 12.9. The van der Waals surface area contributed by atoms with Gasteiger partial charge in [-0.25, -0.2) is 8.42 Å². The number of fused-ring (bicyclic) bond motifs is 1. The molecular formula is C21H24N2O3S. The summed E-state index contributed by atoms with van der Waals surface area (Å²) in [5.74, 6) is 1.39. The van der Waals surface area contributed by atoms with Crippen molar-refractivity contribution >= 4 is 20.7 Å². The molecule has 0 bridgehead atoms. The minimum absolute atomic E-state index is 0.201. The molecule has 0 N–H and O–H groups in total. The van der Waals surface area contributed by atoms with E-state index in [2.05, 4.69) is 19.9 Å². The molecule has 1 aliphatic rings. The summed E-state index contributed by atoms with van der Waals surface area (Å²) < 4.78 is 32.9. The van der Waals surface area contributed by atoms with E-state index in [1.54, 1.807) is 24.3 Å². The first-order valence-corrected chi connectivity index (χ1v) is 11.0. The number of aryl methyl sites for hydroxylation is 3. The highest BCUT2D eigenvalue weighted by molar-refractivity contribution is 7.92. The van der Waals surface area contributed by atoms with Crippen LogP contribution in [0.15, 0.2) is 41.3 Å². The monoisotopic (exact) mass is 384 g/mol. The number of rotatable bonds is 6. The summed E-state index contributed by atoms with van der Waals surface area (Å²) in [4.78, 5) is 0.375. The van der Waals surface area contributed by atoms with Gasteiger partial charge in [-0.05, 0) is 75.1 Å². The molecule has 0 saturated heterocycles. The van der Waals surface area contributed by atoms with Crippen LogP contribution in [0.3, 0.4) is 0 Å². The molecule has 2 aromatic carbocycles. The Balaban J connectivity index is 1.72. The fraction of sp³-hybridized carbons (Fsp3) is 0.381. The molecule has 27 heavy (non-hydrogen) atoms. The molecule has 0 spiro atoms. The van der Waals surface area contributed by atoms with Gasteiger partial charge < -0.3 is 4.74 Å². The Bertz CT molecular complexity index is 1090. The number of hydrogen-bond donors (Lipinski definition) is 0. The van der Waals surface area contributed by atoms with Crippen molar-refractivity contribution in [3.05, 3.63) is 47.7 Å². The molecule has 1 heterocycles. The Morgan fingerprint density at radius 1 is 1.15 bits per heavy atom. The van der Waals surface area contributed by atoms with E-state index in [1.165, 1.54) is 0 Å². The third-order valence-corrected chi connectivity index (χ3v) is 7.31. The van der Waals surface area contributed by atoms with Crippen molar-refractivity contribution in [3.63, 3.8) is 0 Å². The minimum Gasteiger partial charge on any atom is -0.457 e. The van der Waals surface area contributed by atoms with Gasteiger partial charge >= 0.3 is 0 Å². The number of hydrogen-bond acceptors (Lipinski definition) is 4. The van der Waals surface area contributed by atoms with Gasteiger partial charge in [0.05, 0.1) is 21.0 Å². The second-order valence-corrected chi connectivity index (χ2v) is 9.32. The van der Waals surface area contributed by atoms with Crippen LogP contribution in [0.4, 0.5) is 0 Å². The topological polar surface area (TPSA) is 61.2 Å². The summed E-state index contributed by atoms with van der Waals surface area (Å²) in [6.45, 7) is 7.03. The fourth-order valence-electron chi connectivity index (χ4n) is 3.52. The summed E-state index contributed by atoms with van der Waals surface area (Å²) in [7, 11) is -3.18. The highest BCUT2D eigenvalue weighted by atomic mass is 32.2. The van der Waals surface area contributed by atoms with E-state index in [0.717, 1.165) is 53.7 Å². The molecule has 1 aliphatic carbocycles. The van der Waals surface area contributed by atoms with Crippen molar-refractivity contribution < 1.29 is 13.2 Å². The highest BCUT2D eigenvalue weighted by Crippen LogP contribution is 2.36. The van der Waals surface area contributed by atoms with Crippen molar-refractivity contribution in [2.24, 2.45) is 0 Å². The van der Waals surface area contributed by atoms with Gasteiger partial charge in [0.2, 0.25) is 0 Å². The normalized spacial score (nSPS) is 14.6. The molecular weight excluding hydrogens is 360 g/mol. The van der Waals surface area contributed by atoms with Crippen molar-refractivity contribution in [1.82, 2.24) is 9.78 Å². The second-order valence-electron chi connectivity index (χ2n) is 7.09. The Morgan fingerprint density at radius 2 is 1.85 bits per heavy atom. The third kappa shape index (κ3) is 3.23. The molecule has 0 amide bonds. The lowest BCUT2D eigenvalue weighted by atomic mass is 10.1. The largest absolute Gasteiger partial charge is 0.457 e. The number of ether oxygens (including phenoxy) is 1. The van der Waals surface area contributed by atoms with Crippen molar-refractivity contribution in [2.75, 3.05) is 0 Å². The van der Waals surface area contributed by atoms with Gasteiger partial charge in [0.25, 0.3) is 0 Å². The molecule has 0 aliphatic heterocycles. The molecule has 0 radical (unpaired) electrons. The quantitative estimate of drug-likeness (QED) is 0.620. The van der Waals surface area contributed by atoms with Gasteiger partial charge in [0, 0.05) is 12.2 Å². The average molecular weight is 385 g/mol. The van der Waals surface area contributed by atoms with Crippen molar-refractivity contribution in [1.29, 1.82) is 0 Å². The predicted octanol–water partition coefficient (Wildman–Crippen LogP) is 4.66. The average Bonchev–Trinajstić information content (AvgIpc) is 3.44. The zero-order valence-corrected chi connectivity index (χ0v) is 16.7. The van der Waals surface area contributed by atoms with E-state index in [1.807, 2.05) is 17.7 Å². The maximum absolute atomic E-state index is 12.4. The predicted molar refractivity (Wildman–Crippen MR) is 106 cm³/mol. The van der Waals surface area contributed by atoms with E-state index in [9.17, 15) is 8.42 Å². The Kier molecular flexibility index (Phi) is 4.46. The van der Waals surface area contributed by atoms with E-state index in [-0.39, 0.29) is 5.25 Å². The smallest absolute Gasteiger partial charge is 0.181 e. The molecule has 3 aromatic rings. The van der Waals surface area contributed by atoms with Gasteiger partial charge in [-0.3, -0.25) is 4.68 Å². The zero-order chi connectivity index (χ0) is 19.2. The third-order valence-electron chi connectivity index (χ3n) is 5.03. The van der Waals surface area contributed by atoms with Gasteiger partial charge in [0.15, 0.2) is 9.84 Å². The van der Waals surface area contributed by atoms with Gasteiger partial charge in [-0.15, -0.1) is 0 Å². The standard InChI is InChI=1S/C21H24N2O3S/c1-4-19-21-18(22-23(19)5-2)12-14(3)13-20(21)26-15-6-8-16(9-7-15)27(24,25)17-10-11-17/h6-9,12-13,17H,4-5,10-11H2,1-3H3. The molecule has 4 rings (SSSR count). The summed E-state index contributed by atoms with van der Waals surface area (Å²) >= 11 is 0. The Labute approximate surface area is 159 Å². The zero-order valence-electron chi connectivity index (χ0n) is 15.9. The molecule has 1 aromatic heterocycles.